The van der Waals surface area contributed by atoms with Crippen molar-refractivity contribution < 1.29 is 4.79 Å². The van der Waals surface area contributed by atoms with E-state index in [2.05, 4.69) is 25.9 Å². The molecular weight excluding hydrogens is 234 g/mol. The number of carbonyl (C=O) groups excluding carboxylic acids is 1. The summed E-state index contributed by atoms with van der Waals surface area (Å²) in [6.07, 6.45) is 1.66. The molecule has 5 N–H and O–H groups in total. The highest BCUT2D eigenvalue weighted by molar-refractivity contribution is 6.02. The Bertz CT molecular complexity index is 568. The van der Waals surface area contributed by atoms with E-state index in [1.807, 2.05) is 0 Å². The number of nitrogens with one attached hydrogen (secondary N) is 3. The molecule has 1 aliphatic rings. The van der Waals surface area contributed by atoms with Crippen molar-refractivity contribution in [1.29, 1.82) is 0 Å². The minimum atomic E-state index is -0.284. The Morgan fingerprint density at radius 3 is 3.00 bits per heavy atom. The molecule has 0 saturated carbocycles. The van der Waals surface area contributed by atoms with Gasteiger partial charge in [0, 0.05) is 25.2 Å². The van der Waals surface area contributed by atoms with Gasteiger partial charge in [-0.1, -0.05) is 0 Å². The Morgan fingerprint density at radius 1 is 1.56 bits per heavy atom. The van der Waals surface area contributed by atoms with Crippen molar-refractivity contribution in [3.05, 3.63) is 24.0 Å². The number of hydrogen-bond donors (Lipinski definition) is 4. The third kappa shape index (κ3) is 1.82. The van der Waals surface area contributed by atoms with Crippen molar-refractivity contribution in [2.75, 3.05) is 24.1 Å². The maximum Gasteiger partial charge on any atom is 0.274 e. The molecule has 3 heterocycles. The maximum atomic E-state index is 11.9. The van der Waals surface area contributed by atoms with Crippen molar-refractivity contribution in [3.8, 4) is 0 Å². The molecule has 0 atom stereocenters. The van der Waals surface area contributed by atoms with Gasteiger partial charge in [-0.15, -0.1) is 0 Å². The van der Waals surface area contributed by atoms with E-state index in [-0.39, 0.29) is 11.7 Å². The van der Waals surface area contributed by atoms with Gasteiger partial charge in [-0.05, 0) is 0 Å². The summed E-state index contributed by atoms with van der Waals surface area (Å²) in [7, 11) is 0. The average molecular weight is 247 g/mol. The molecule has 1 saturated heterocycles. The van der Waals surface area contributed by atoms with E-state index in [4.69, 9.17) is 5.73 Å². The molecule has 8 nitrogen and oxygen atoms in total. The summed E-state index contributed by atoms with van der Waals surface area (Å²) in [5.74, 6) is 0.671. The van der Waals surface area contributed by atoms with Crippen LogP contribution in [0.25, 0.3) is 0 Å². The van der Waals surface area contributed by atoms with Gasteiger partial charge in [-0.3, -0.25) is 9.89 Å². The van der Waals surface area contributed by atoms with E-state index in [9.17, 15) is 4.79 Å². The van der Waals surface area contributed by atoms with Crippen LogP contribution in [0, 0.1) is 0 Å². The van der Waals surface area contributed by atoms with Gasteiger partial charge in [0.1, 0.15) is 17.3 Å². The molecule has 0 spiro atoms. The lowest BCUT2D eigenvalue weighted by Crippen LogP contribution is -2.44. The molecule has 1 amide bonds. The number of carbonyl (C=O) groups is 1. The Balaban J connectivity index is 1.76. The predicted molar refractivity (Wildman–Crippen MR) is 65.1 cm³/mol. The number of rotatable bonds is 3. The number of amides is 1. The Kier molecular flexibility index (Phi) is 2.49. The van der Waals surface area contributed by atoms with E-state index < -0.39 is 0 Å². The second kappa shape index (κ2) is 4.15. The minimum Gasteiger partial charge on any atom is -0.382 e. The predicted octanol–water partition coefficient (Wildman–Crippen LogP) is -0.415. The molecule has 0 unspecified atom stereocenters. The van der Waals surface area contributed by atoms with Crippen LogP contribution in [0.2, 0.25) is 0 Å². The average Bonchev–Trinajstić information content (AvgIpc) is 2.86. The van der Waals surface area contributed by atoms with E-state index >= 15 is 0 Å². The van der Waals surface area contributed by atoms with E-state index in [1.54, 1.807) is 16.9 Å². The first-order valence-corrected chi connectivity index (χ1v) is 5.60. The maximum absolute atomic E-state index is 11.9. The number of nitrogens with two attached hydrogens (primary N) is 1. The highest BCUT2D eigenvalue weighted by Crippen LogP contribution is 2.18. The number of nitrogen functional groups attached to an aromatic ring is 1. The molecule has 2 aromatic heterocycles. The van der Waals surface area contributed by atoms with E-state index in [0.717, 1.165) is 13.1 Å². The van der Waals surface area contributed by atoms with E-state index in [1.165, 1.54) is 6.07 Å². The molecule has 18 heavy (non-hydrogen) atoms. The molecule has 2 aromatic rings. The zero-order valence-corrected chi connectivity index (χ0v) is 9.55. The highest BCUT2D eigenvalue weighted by atomic mass is 16.2. The van der Waals surface area contributed by atoms with Gasteiger partial charge in [-0.2, -0.15) is 10.2 Å². The summed E-state index contributed by atoms with van der Waals surface area (Å²) in [5.41, 5.74) is 5.78. The highest BCUT2D eigenvalue weighted by Gasteiger charge is 2.22. The molecule has 0 bridgehead atoms. The van der Waals surface area contributed by atoms with Crippen LogP contribution in [0.15, 0.2) is 18.3 Å². The van der Waals surface area contributed by atoms with Gasteiger partial charge in [-0.25, -0.2) is 4.68 Å². The number of aromatic nitrogens is 4. The van der Waals surface area contributed by atoms with Crippen molar-refractivity contribution in [1.82, 2.24) is 25.3 Å². The monoisotopic (exact) mass is 247 g/mol. The normalized spacial score (nSPS) is 15.3. The van der Waals surface area contributed by atoms with Crippen LogP contribution in [0.4, 0.5) is 11.6 Å². The van der Waals surface area contributed by atoms with Gasteiger partial charge in [0.05, 0.1) is 12.2 Å². The van der Waals surface area contributed by atoms with Crippen molar-refractivity contribution in [2.24, 2.45) is 0 Å². The smallest absolute Gasteiger partial charge is 0.274 e. The standard InChI is InChI=1S/C10H13N7O/c11-8-3-7(15-16-8)10(18)14-9-1-2-13-17(9)6-4-12-5-6/h1-3,6,12H,4-5H2,(H,14,18)(H3,11,15,16). The molecule has 1 aliphatic heterocycles. The molecule has 8 heteroatoms. The molecule has 0 aromatic carbocycles. The lowest BCUT2D eigenvalue weighted by molar-refractivity contribution is 0.102. The summed E-state index contributed by atoms with van der Waals surface area (Å²) in [5, 5.41) is 16.4. The van der Waals surface area contributed by atoms with Crippen molar-refractivity contribution >= 4 is 17.5 Å². The number of nitrogens with zero attached hydrogens (tertiary/aromatic N) is 3. The van der Waals surface area contributed by atoms with Gasteiger partial charge in [0.2, 0.25) is 0 Å². The quantitative estimate of drug-likeness (QED) is 0.588. The lowest BCUT2D eigenvalue weighted by Gasteiger charge is -2.28. The molecule has 0 radical (unpaired) electrons. The first kappa shape index (κ1) is 10.8. The van der Waals surface area contributed by atoms with Crippen LogP contribution in [0.1, 0.15) is 16.5 Å². The van der Waals surface area contributed by atoms with Crippen LogP contribution in [-0.2, 0) is 0 Å². The fraction of sp³-hybridized carbons (Fsp3) is 0.300. The fourth-order valence-electron chi connectivity index (χ4n) is 1.79. The zero-order chi connectivity index (χ0) is 12.5. The summed E-state index contributed by atoms with van der Waals surface area (Å²) in [6.45, 7) is 1.73. The molecular formula is C10H13N7O. The Morgan fingerprint density at radius 2 is 2.39 bits per heavy atom. The van der Waals surface area contributed by atoms with Gasteiger partial charge in [0.15, 0.2) is 0 Å². The number of anilines is 2. The molecule has 3 rings (SSSR count). The van der Waals surface area contributed by atoms with Crippen molar-refractivity contribution in [2.45, 2.75) is 6.04 Å². The largest absolute Gasteiger partial charge is 0.382 e. The zero-order valence-electron chi connectivity index (χ0n) is 9.55. The second-order valence-corrected chi connectivity index (χ2v) is 4.13. The number of H-pyrrole nitrogens is 1. The van der Waals surface area contributed by atoms with Gasteiger partial charge >= 0.3 is 0 Å². The minimum absolute atomic E-state index is 0.284. The topological polar surface area (TPSA) is 114 Å². The lowest BCUT2D eigenvalue weighted by atomic mass is 10.2. The van der Waals surface area contributed by atoms with Crippen LogP contribution in [0.3, 0.4) is 0 Å². The second-order valence-electron chi connectivity index (χ2n) is 4.13. The first-order chi connectivity index (χ1) is 8.74. The molecule has 1 fully saturated rings. The van der Waals surface area contributed by atoms with Gasteiger partial charge < -0.3 is 16.4 Å². The summed E-state index contributed by atoms with van der Waals surface area (Å²) in [4.78, 5) is 11.9. The fourth-order valence-corrected chi connectivity index (χ4v) is 1.79. The van der Waals surface area contributed by atoms with Crippen LogP contribution in [-0.4, -0.2) is 39.0 Å². The van der Waals surface area contributed by atoms with Gasteiger partial charge in [0.25, 0.3) is 5.91 Å². The SMILES string of the molecule is Nc1cc(C(=O)Nc2ccnn2C2CNC2)[nH]n1. The number of aromatic amines is 1. The molecule has 0 aliphatic carbocycles. The Hall–Kier alpha value is -2.35. The first-order valence-electron chi connectivity index (χ1n) is 5.60. The summed E-state index contributed by atoms with van der Waals surface area (Å²) in [6, 6.07) is 3.54. The Labute approximate surface area is 103 Å². The van der Waals surface area contributed by atoms with Crippen LogP contribution in [0.5, 0.6) is 0 Å². The molecule has 94 valence electrons. The number of hydrogen-bond acceptors (Lipinski definition) is 5. The third-order valence-corrected chi connectivity index (χ3v) is 2.86. The summed E-state index contributed by atoms with van der Waals surface area (Å²) >= 11 is 0. The van der Waals surface area contributed by atoms with Crippen LogP contribution >= 0.6 is 0 Å². The third-order valence-electron chi connectivity index (χ3n) is 2.86. The van der Waals surface area contributed by atoms with E-state index in [0.29, 0.717) is 17.6 Å². The summed E-state index contributed by atoms with van der Waals surface area (Å²) < 4.78 is 1.80. The van der Waals surface area contributed by atoms with Crippen molar-refractivity contribution in [3.63, 3.8) is 0 Å². The van der Waals surface area contributed by atoms with Crippen LogP contribution < -0.4 is 16.4 Å².